The summed E-state index contributed by atoms with van der Waals surface area (Å²) in [5, 5.41) is 14.8. The first-order chi connectivity index (χ1) is 16.8. The Balaban J connectivity index is 1.51. The number of anilines is 1. The molecule has 2 aliphatic rings. The molecular formula is C23H28N4O6S2. The third-order valence-corrected chi connectivity index (χ3v) is 9.10. The summed E-state index contributed by atoms with van der Waals surface area (Å²) in [6, 6.07) is 4.35. The van der Waals surface area contributed by atoms with E-state index in [0.29, 0.717) is 5.13 Å². The van der Waals surface area contributed by atoms with Crippen LogP contribution in [0, 0.1) is 5.92 Å². The number of nitrogens with zero attached hydrogens (tertiary/aromatic N) is 3. The van der Waals surface area contributed by atoms with Gasteiger partial charge >= 0.3 is 5.97 Å². The molecule has 1 aliphatic carbocycles. The number of aromatic nitrogens is 1. The van der Waals surface area contributed by atoms with Crippen LogP contribution in [0.15, 0.2) is 40.7 Å². The van der Waals surface area contributed by atoms with Gasteiger partial charge in [-0.05, 0) is 31.0 Å². The van der Waals surface area contributed by atoms with Crippen molar-refractivity contribution < 1.29 is 27.9 Å². The molecule has 10 nitrogen and oxygen atoms in total. The third-order valence-electron chi connectivity index (χ3n) is 6.53. The molecule has 1 aliphatic heterocycles. The summed E-state index contributed by atoms with van der Waals surface area (Å²) in [6.07, 6.45) is 6.32. The Morgan fingerprint density at radius 3 is 2.63 bits per heavy atom. The van der Waals surface area contributed by atoms with Crippen LogP contribution in [0.4, 0.5) is 5.13 Å². The first kappa shape index (κ1) is 25.3. The molecule has 2 aromatic rings. The fraction of sp³-hybridized carbons (Fsp3) is 0.478. The number of benzene rings is 1. The van der Waals surface area contributed by atoms with Crippen LogP contribution in [0.25, 0.3) is 0 Å². The number of nitrogens with one attached hydrogen (secondary N) is 1. The first-order valence-electron chi connectivity index (χ1n) is 11.6. The number of carboxylic acid groups (broad SMARTS) is 1. The third kappa shape index (κ3) is 5.71. The van der Waals surface area contributed by atoms with Crippen molar-refractivity contribution in [2.75, 3.05) is 31.5 Å². The van der Waals surface area contributed by atoms with E-state index in [4.69, 9.17) is 0 Å². The predicted molar refractivity (Wildman–Crippen MR) is 130 cm³/mol. The molecular weight excluding hydrogens is 492 g/mol. The average Bonchev–Trinajstić information content (AvgIpc) is 3.39. The Labute approximate surface area is 208 Å². The Kier molecular flexibility index (Phi) is 7.82. The molecule has 2 fully saturated rings. The maximum absolute atomic E-state index is 13.5. The largest absolute Gasteiger partial charge is 0.478 e. The molecule has 2 N–H and O–H groups in total. The first-order valence-corrected chi connectivity index (χ1v) is 13.9. The van der Waals surface area contributed by atoms with Gasteiger partial charge in [0.15, 0.2) is 10.9 Å². The highest BCUT2D eigenvalue weighted by atomic mass is 32.2. The summed E-state index contributed by atoms with van der Waals surface area (Å²) < 4.78 is 27.3. The van der Waals surface area contributed by atoms with Gasteiger partial charge in [-0.25, -0.2) is 18.2 Å². The monoisotopic (exact) mass is 520 g/mol. The lowest BCUT2D eigenvalue weighted by Crippen LogP contribution is -2.59. The number of Topliss-reactive ketones (excluding diaryl/α,β-unsaturated/α-hetero) is 1. The van der Waals surface area contributed by atoms with Crippen molar-refractivity contribution in [1.29, 1.82) is 0 Å². The number of carboxylic acids is 1. The number of sulfonamides is 1. The fourth-order valence-electron chi connectivity index (χ4n) is 4.66. The number of piperazine rings is 1. The van der Waals surface area contributed by atoms with Crippen LogP contribution in [0.2, 0.25) is 0 Å². The SMILES string of the molecule is O=C(O)c1cccc(S(=O)(=O)N2CCN(C(CNc3nccs3)C(=O)C3CCCCC3)C(=O)C2)c1. The lowest BCUT2D eigenvalue weighted by molar-refractivity contribution is -0.143. The Hall–Kier alpha value is -2.83. The zero-order valence-electron chi connectivity index (χ0n) is 19.1. The van der Waals surface area contributed by atoms with Crippen LogP contribution in [0.3, 0.4) is 0 Å². The normalized spacial score (nSPS) is 18.9. The zero-order valence-corrected chi connectivity index (χ0v) is 20.8. The van der Waals surface area contributed by atoms with Crippen LogP contribution in [-0.4, -0.2) is 77.6 Å². The Bertz CT molecular complexity index is 1180. The molecule has 188 valence electrons. The smallest absolute Gasteiger partial charge is 0.335 e. The number of thiazole rings is 1. The highest BCUT2D eigenvalue weighted by Gasteiger charge is 2.40. The minimum Gasteiger partial charge on any atom is -0.478 e. The summed E-state index contributed by atoms with van der Waals surface area (Å²) in [7, 11) is -4.07. The second-order valence-electron chi connectivity index (χ2n) is 8.73. The molecule has 12 heteroatoms. The van der Waals surface area contributed by atoms with Crippen molar-refractivity contribution in [3.63, 3.8) is 0 Å². The maximum atomic E-state index is 13.5. The molecule has 4 rings (SSSR count). The molecule has 1 saturated carbocycles. The number of amides is 1. The van der Waals surface area contributed by atoms with E-state index < -0.39 is 34.5 Å². The van der Waals surface area contributed by atoms with Crippen molar-refractivity contribution in [2.45, 2.75) is 43.0 Å². The highest BCUT2D eigenvalue weighted by Crippen LogP contribution is 2.28. The van der Waals surface area contributed by atoms with Crippen LogP contribution in [0.5, 0.6) is 0 Å². The van der Waals surface area contributed by atoms with Crippen molar-refractivity contribution >= 4 is 44.2 Å². The second kappa shape index (κ2) is 10.8. The van der Waals surface area contributed by atoms with Gasteiger partial charge < -0.3 is 15.3 Å². The second-order valence-corrected chi connectivity index (χ2v) is 11.6. The van der Waals surface area contributed by atoms with E-state index in [1.165, 1.54) is 34.4 Å². The standard InChI is InChI=1S/C23H28N4O6S2/c28-20-15-26(35(32,33)18-8-4-7-17(13-18)22(30)31)10-11-27(20)19(14-25-23-24-9-12-34-23)21(29)16-5-2-1-3-6-16/h4,7-9,12-13,16,19H,1-3,5-6,10-11,14-15H2,(H,24,25)(H,30,31). The van der Waals surface area contributed by atoms with Crippen LogP contribution in [-0.2, 0) is 19.6 Å². The average molecular weight is 521 g/mol. The number of carbonyl (C=O) groups is 3. The molecule has 0 spiro atoms. The van der Waals surface area contributed by atoms with Gasteiger partial charge in [-0.3, -0.25) is 9.59 Å². The highest BCUT2D eigenvalue weighted by molar-refractivity contribution is 7.89. The molecule has 1 saturated heterocycles. The van der Waals surface area contributed by atoms with E-state index in [-0.39, 0.29) is 41.8 Å². The molecule has 1 atom stereocenters. The van der Waals surface area contributed by atoms with Gasteiger partial charge in [-0.1, -0.05) is 25.3 Å². The van der Waals surface area contributed by atoms with E-state index in [0.717, 1.165) is 42.5 Å². The van der Waals surface area contributed by atoms with Crippen molar-refractivity contribution in [2.24, 2.45) is 5.92 Å². The zero-order chi connectivity index (χ0) is 25.0. The van der Waals surface area contributed by atoms with Gasteiger partial charge in [0.25, 0.3) is 0 Å². The van der Waals surface area contributed by atoms with Gasteiger partial charge in [0.2, 0.25) is 15.9 Å². The molecule has 35 heavy (non-hydrogen) atoms. The van der Waals surface area contributed by atoms with E-state index in [1.807, 2.05) is 5.38 Å². The van der Waals surface area contributed by atoms with Crippen LogP contribution >= 0.6 is 11.3 Å². The number of rotatable bonds is 9. The molecule has 1 amide bonds. The van der Waals surface area contributed by atoms with Crippen molar-refractivity contribution in [3.8, 4) is 0 Å². The van der Waals surface area contributed by atoms with Crippen LogP contribution < -0.4 is 5.32 Å². The molecule has 1 aromatic heterocycles. The van der Waals surface area contributed by atoms with Gasteiger partial charge in [0.1, 0.15) is 6.04 Å². The number of aromatic carboxylic acids is 1. The van der Waals surface area contributed by atoms with Crippen molar-refractivity contribution in [1.82, 2.24) is 14.2 Å². The molecule has 2 heterocycles. The maximum Gasteiger partial charge on any atom is 0.335 e. The molecule has 1 unspecified atom stereocenters. The quantitative estimate of drug-likeness (QED) is 0.514. The van der Waals surface area contributed by atoms with Gasteiger partial charge in [-0.2, -0.15) is 4.31 Å². The molecule has 0 radical (unpaired) electrons. The summed E-state index contributed by atoms with van der Waals surface area (Å²) in [6.45, 7) is -0.121. The van der Waals surface area contributed by atoms with E-state index >= 15 is 0 Å². The van der Waals surface area contributed by atoms with E-state index in [1.54, 1.807) is 6.20 Å². The fourth-order valence-corrected chi connectivity index (χ4v) is 6.62. The lowest BCUT2D eigenvalue weighted by atomic mass is 9.83. The summed E-state index contributed by atoms with van der Waals surface area (Å²) in [4.78, 5) is 43.4. The number of hydrogen-bond donors (Lipinski definition) is 2. The number of carbonyl (C=O) groups excluding carboxylic acids is 2. The van der Waals surface area contributed by atoms with Crippen molar-refractivity contribution in [3.05, 3.63) is 41.4 Å². The van der Waals surface area contributed by atoms with E-state index in [2.05, 4.69) is 10.3 Å². The summed E-state index contributed by atoms with van der Waals surface area (Å²) in [5.74, 6) is -1.79. The molecule has 0 bridgehead atoms. The topological polar surface area (TPSA) is 137 Å². The van der Waals surface area contributed by atoms with Crippen LogP contribution in [0.1, 0.15) is 42.5 Å². The number of hydrogen-bond acceptors (Lipinski definition) is 8. The molecule has 1 aromatic carbocycles. The van der Waals surface area contributed by atoms with Gasteiger partial charge in [0.05, 0.1) is 17.0 Å². The summed E-state index contributed by atoms with van der Waals surface area (Å²) >= 11 is 1.40. The van der Waals surface area contributed by atoms with Gasteiger partial charge in [0, 0.05) is 37.1 Å². The predicted octanol–water partition coefficient (Wildman–Crippen LogP) is 2.30. The van der Waals surface area contributed by atoms with Gasteiger partial charge in [-0.15, -0.1) is 11.3 Å². The minimum atomic E-state index is -4.07. The van der Waals surface area contributed by atoms with E-state index in [9.17, 15) is 27.9 Å². The number of ketones is 1. The Morgan fingerprint density at radius 2 is 1.97 bits per heavy atom. The minimum absolute atomic E-state index is 0.00701. The Morgan fingerprint density at radius 1 is 1.20 bits per heavy atom. The lowest BCUT2D eigenvalue weighted by Gasteiger charge is -2.39. The summed E-state index contributed by atoms with van der Waals surface area (Å²) in [5.41, 5.74) is -0.151.